The van der Waals surface area contributed by atoms with Gasteiger partial charge in [-0.1, -0.05) is 25.5 Å². The molecule has 0 aliphatic carbocycles. The summed E-state index contributed by atoms with van der Waals surface area (Å²) in [4.78, 5) is 10.5. The van der Waals surface area contributed by atoms with Crippen molar-refractivity contribution in [2.24, 2.45) is 0 Å². The number of aryl methyl sites for hydroxylation is 1. The van der Waals surface area contributed by atoms with Crippen LogP contribution in [0.1, 0.15) is 25.3 Å². The average Bonchev–Trinajstić information content (AvgIpc) is 2.17. The molecule has 1 rings (SSSR count). The van der Waals surface area contributed by atoms with Gasteiger partial charge in [-0.15, -0.1) is 0 Å². The van der Waals surface area contributed by atoms with Crippen LogP contribution < -0.4 is 5.32 Å². The highest BCUT2D eigenvalue weighted by molar-refractivity contribution is 5.64. The monoisotopic (exact) mass is 208 g/mol. The van der Waals surface area contributed by atoms with Crippen molar-refractivity contribution in [2.45, 2.75) is 26.7 Å². The molecule has 0 bridgehead atoms. The zero-order chi connectivity index (χ0) is 11.3. The number of nitro groups is 1. The molecule has 0 saturated carbocycles. The van der Waals surface area contributed by atoms with Crippen molar-refractivity contribution in [3.8, 4) is 0 Å². The first-order valence-corrected chi connectivity index (χ1v) is 5.14. The highest BCUT2D eigenvalue weighted by atomic mass is 16.6. The Hall–Kier alpha value is -1.58. The minimum absolute atomic E-state index is 0.189. The number of nitrogens with one attached hydrogen (secondary N) is 1. The van der Waals surface area contributed by atoms with E-state index in [1.54, 1.807) is 19.1 Å². The van der Waals surface area contributed by atoms with Gasteiger partial charge in [0.15, 0.2) is 0 Å². The minimum atomic E-state index is -0.330. The predicted octanol–water partition coefficient (Wildman–Crippen LogP) is 3.12. The summed E-state index contributed by atoms with van der Waals surface area (Å²) in [6.07, 6.45) is 2.09. The minimum Gasteiger partial charge on any atom is -0.379 e. The Morgan fingerprint density at radius 2 is 2.20 bits per heavy atom. The molecule has 0 aliphatic heterocycles. The largest absolute Gasteiger partial charge is 0.379 e. The number of anilines is 1. The Balaban J connectivity index is 2.86. The predicted molar refractivity (Wildman–Crippen MR) is 61.2 cm³/mol. The lowest BCUT2D eigenvalue weighted by molar-refractivity contribution is -0.384. The molecule has 0 radical (unpaired) electrons. The molecule has 4 nitrogen and oxygen atoms in total. The second kappa shape index (κ2) is 5.34. The molecule has 1 N–H and O–H groups in total. The van der Waals surface area contributed by atoms with Gasteiger partial charge in [-0.05, 0) is 19.4 Å². The van der Waals surface area contributed by atoms with Gasteiger partial charge in [0.25, 0.3) is 5.69 Å². The summed E-state index contributed by atoms with van der Waals surface area (Å²) in [6.45, 7) is 4.62. The first-order chi connectivity index (χ1) is 7.16. The number of hydrogen-bond donors (Lipinski definition) is 1. The molecule has 0 unspecified atom stereocenters. The fourth-order valence-corrected chi connectivity index (χ4v) is 1.44. The first-order valence-electron chi connectivity index (χ1n) is 5.14. The Morgan fingerprint density at radius 3 is 2.80 bits per heavy atom. The molecule has 4 heteroatoms. The van der Waals surface area contributed by atoms with Crippen LogP contribution in [0, 0.1) is 17.0 Å². The molecule has 0 spiro atoms. The molecule has 0 aliphatic rings. The topological polar surface area (TPSA) is 55.2 Å². The van der Waals surface area contributed by atoms with Gasteiger partial charge < -0.3 is 5.32 Å². The zero-order valence-corrected chi connectivity index (χ0v) is 9.12. The third kappa shape index (κ3) is 2.94. The first kappa shape index (κ1) is 11.5. The highest BCUT2D eigenvalue weighted by Crippen LogP contribution is 2.27. The third-order valence-corrected chi connectivity index (χ3v) is 2.27. The molecule has 0 fully saturated rings. The van der Waals surface area contributed by atoms with Gasteiger partial charge in [0.1, 0.15) is 5.69 Å². The van der Waals surface area contributed by atoms with Gasteiger partial charge in [-0.25, -0.2) is 0 Å². The van der Waals surface area contributed by atoms with Crippen LogP contribution in [0.5, 0.6) is 0 Å². The fraction of sp³-hybridized carbons (Fsp3) is 0.455. The van der Waals surface area contributed by atoms with Crippen molar-refractivity contribution >= 4 is 11.4 Å². The molecular formula is C11H16N2O2. The Morgan fingerprint density at radius 1 is 1.47 bits per heavy atom. The van der Waals surface area contributed by atoms with Crippen LogP contribution in [0.15, 0.2) is 18.2 Å². The van der Waals surface area contributed by atoms with Crippen LogP contribution in [0.4, 0.5) is 11.4 Å². The number of nitro benzene ring substituents is 1. The fourth-order valence-electron chi connectivity index (χ4n) is 1.44. The molecule has 0 amide bonds. The number of para-hydroxylation sites is 1. The maximum absolute atomic E-state index is 10.8. The van der Waals surface area contributed by atoms with E-state index in [1.807, 2.05) is 6.07 Å². The van der Waals surface area contributed by atoms with Crippen molar-refractivity contribution in [3.05, 3.63) is 33.9 Å². The zero-order valence-electron chi connectivity index (χ0n) is 9.12. The Kier molecular flexibility index (Phi) is 4.09. The summed E-state index contributed by atoms with van der Waals surface area (Å²) in [5.41, 5.74) is 1.50. The maximum Gasteiger partial charge on any atom is 0.295 e. The highest BCUT2D eigenvalue weighted by Gasteiger charge is 2.15. The standard InChI is InChI=1S/C11H16N2O2/c1-3-4-8-12-10-7-5-6-9(2)11(10)13(14)15/h5-7,12H,3-4,8H2,1-2H3. The number of unbranched alkanes of at least 4 members (excludes halogenated alkanes) is 1. The molecule has 15 heavy (non-hydrogen) atoms. The Labute approximate surface area is 89.5 Å². The van der Waals surface area contributed by atoms with E-state index in [9.17, 15) is 10.1 Å². The lowest BCUT2D eigenvalue weighted by atomic mass is 10.1. The second-order valence-corrected chi connectivity index (χ2v) is 3.51. The van der Waals surface area contributed by atoms with E-state index in [-0.39, 0.29) is 10.6 Å². The summed E-state index contributed by atoms with van der Waals surface area (Å²) in [5.74, 6) is 0. The van der Waals surface area contributed by atoms with Gasteiger partial charge in [0.05, 0.1) is 4.92 Å². The van der Waals surface area contributed by atoms with E-state index in [0.29, 0.717) is 11.3 Å². The van der Waals surface area contributed by atoms with Crippen LogP contribution in [0.25, 0.3) is 0 Å². The van der Waals surface area contributed by atoms with Crippen molar-refractivity contribution in [1.29, 1.82) is 0 Å². The molecule has 0 aromatic heterocycles. The summed E-state index contributed by atoms with van der Waals surface area (Å²) in [7, 11) is 0. The summed E-state index contributed by atoms with van der Waals surface area (Å²) in [5, 5.41) is 13.9. The van der Waals surface area contributed by atoms with Gasteiger partial charge in [-0.3, -0.25) is 10.1 Å². The van der Waals surface area contributed by atoms with Gasteiger partial charge >= 0.3 is 0 Å². The molecule has 1 aromatic carbocycles. The van der Waals surface area contributed by atoms with Gasteiger partial charge in [-0.2, -0.15) is 0 Å². The van der Waals surface area contributed by atoms with Crippen LogP contribution >= 0.6 is 0 Å². The molecule has 0 heterocycles. The summed E-state index contributed by atoms with van der Waals surface area (Å²) >= 11 is 0. The number of hydrogen-bond acceptors (Lipinski definition) is 3. The van der Waals surface area contributed by atoms with E-state index in [1.165, 1.54) is 0 Å². The maximum atomic E-state index is 10.8. The van der Waals surface area contributed by atoms with Crippen LogP contribution in [0.3, 0.4) is 0 Å². The van der Waals surface area contributed by atoms with Crippen molar-refractivity contribution < 1.29 is 4.92 Å². The lowest BCUT2D eigenvalue weighted by Crippen LogP contribution is -2.04. The van der Waals surface area contributed by atoms with E-state index in [4.69, 9.17) is 0 Å². The van der Waals surface area contributed by atoms with Crippen molar-refractivity contribution in [2.75, 3.05) is 11.9 Å². The normalized spacial score (nSPS) is 10.0. The van der Waals surface area contributed by atoms with Crippen LogP contribution in [-0.2, 0) is 0 Å². The van der Waals surface area contributed by atoms with E-state index >= 15 is 0 Å². The van der Waals surface area contributed by atoms with Crippen LogP contribution in [0.2, 0.25) is 0 Å². The third-order valence-electron chi connectivity index (χ3n) is 2.27. The summed E-state index contributed by atoms with van der Waals surface area (Å²) < 4.78 is 0. The van der Waals surface area contributed by atoms with E-state index in [0.717, 1.165) is 19.4 Å². The second-order valence-electron chi connectivity index (χ2n) is 3.51. The molecule has 0 saturated heterocycles. The SMILES string of the molecule is CCCCNc1cccc(C)c1[N+](=O)[O-]. The van der Waals surface area contributed by atoms with Gasteiger partial charge in [0.2, 0.25) is 0 Å². The van der Waals surface area contributed by atoms with E-state index in [2.05, 4.69) is 12.2 Å². The lowest BCUT2D eigenvalue weighted by Gasteiger charge is -2.07. The Bertz CT molecular complexity index is 350. The summed E-state index contributed by atoms with van der Waals surface area (Å²) in [6, 6.07) is 5.33. The van der Waals surface area contributed by atoms with Gasteiger partial charge in [0, 0.05) is 12.1 Å². The van der Waals surface area contributed by atoms with E-state index < -0.39 is 0 Å². The smallest absolute Gasteiger partial charge is 0.295 e. The number of benzene rings is 1. The number of rotatable bonds is 5. The molecule has 82 valence electrons. The van der Waals surface area contributed by atoms with Crippen molar-refractivity contribution in [3.63, 3.8) is 0 Å². The molecule has 0 atom stereocenters. The average molecular weight is 208 g/mol. The number of nitrogens with zero attached hydrogens (tertiary/aromatic N) is 1. The van der Waals surface area contributed by atoms with Crippen molar-refractivity contribution in [1.82, 2.24) is 0 Å². The molecular weight excluding hydrogens is 192 g/mol. The molecule has 1 aromatic rings. The van der Waals surface area contributed by atoms with Crippen LogP contribution in [-0.4, -0.2) is 11.5 Å². The quantitative estimate of drug-likeness (QED) is 0.459.